The summed E-state index contributed by atoms with van der Waals surface area (Å²) in [7, 11) is 0. The number of aliphatic carboxylic acids is 1. The smallest absolute Gasteiger partial charge is 0.323 e. The molecule has 2 aliphatic rings. The molecular formula is C12H20N2O4. The summed E-state index contributed by atoms with van der Waals surface area (Å²) in [6, 6.07) is -1.09. The van der Waals surface area contributed by atoms with Gasteiger partial charge >= 0.3 is 5.97 Å². The van der Waals surface area contributed by atoms with E-state index in [1.54, 1.807) is 11.8 Å². The summed E-state index contributed by atoms with van der Waals surface area (Å²) < 4.78 is 5.18. The lowest BCUT2D eigenvalue weighted by molar-refractivity contribution is -0.155. The van der Waals surface area contributed by atoms with Crippen molar-refractivity contribution in [3.63, 3.8) is 0 Å². The highest BCUT2D eigenvalue weighted by atomic mass is 16.5. The Hall–Kier alpha value is -1.14. The highest BCUT2D eigenvalue weighted by molar-refractivity contribution is 5.83. The second-order valence-electron chi connectivity index (χ2n) is 4.88. The Morgan fingerprint density at radius 2 is 1.94 bits per heavy atom. The van der Waals surface area contributed by atoms with E-state index in [4.69, 9.17) is 9.84 Å². The van der Waals surface area contributed by atoms with Crippen molar-refractivity contribution < 1.29 is 19.4 Å². The highest BCUT2D eigenvalue weighted by Crippen LogP contribution is 2.16. The van der Waals surface area contributed by atoms with Crippen molar-refractivity contribution in [2.24, 2.45) is 0 Å². The molecule has 0 radical (unpaired) electrons. The number of likely N-dealkylation sites (tertiary alicyclic amines) is 1. The van der Waals surface area contributed by atoms with Crippen LogP contribution in [-0.4, -0.2) is 71.7 Å². The van der Waals surface area contributed by atoms with Crippen LogP contribution in [0, 0.1) is 0 Å². The standard InChI is InChI=1S/C12H20N2O4/c1-9(11(15)13-4-2-3-5-13)14-6-7-18-8-10(14)12(16)17/h9-10H,2-8H2,1H3,(H,16,17). The minimum Gasteiger partial charge on any atom is -0.480 e. The maximum absolute atomic E-state index is 12.3. The maximum atomic E-state index is 12.3. The fourth-order valence-corrected chi connectivity index (χ4v) is 2.64. The van der Waals surface area contributed by atoms with Gasteiger partial charge in [-0.1, -0.05) is 0 Å². The first-order valence-electron chi connectivity index (χ1n) is 6.46. The van der Waals surface area contributed by atoms with Gasteiger partial charge in [-0.05, 0) is 19.8 Å². The van der Waals surface area contributed by atoms with Gasteiger partial charge in [-0.15, -0.1) is 0 Å². The van der Waals surface area contributed by atoms with Crippen LogP contribution in [0.5, 0.6) is 0 Å². The minimum absolute atomic E-state index is 0.0423. The van der Waals surface area contributed by atoms with Gasteiger partial charge in [0.1, 0.15) is 6.04 Å². The van der Waals surface area contributed by atoms with Crippen LogP contribution in [0.15, 0.2) is 0 Å². The molecule has 0 aromatic carbocycles. The molecule has 0 aromatic heterocycles. The number of carboxylic acids is 1. The zero-order chi connectivity index (χ0) is 13.1. The fraction of sp³-hybridized carbons (Fsp3) is 0.833. The lowest BCUT2D eigenvalue weighted by Gasteiger charge is -2.37. The zero-order valence-electron chi connectivity index (χ0n) is 10.7. The van der Waals surface area contributed by atoms with Gasteiger partial charge in [0.15, 0.2) is 0 Å². The lowest BCUT2D eigenvalue weighted by atomic mass is 10.1. The summed E-state index contributed by atoms with van der Waals surface area (Å²) in [6.07, 6.45) is 2.09. The van der Waals surface area contributed by atoms with Gasteiger partial charge in [0.2, 0.25) is 5.91 Å². The van der Waals surface area contributed by atoms with Gasteiger partial charge in [0.25, 0.3) is 0 Å². The quantitative estimate of drug-likeness (QED) is 0.756. The molecular weight excluding hydrogens is 236 g/mol. The van der Waals surface area contributed by atoms with E-state index in [0.29, 0.717) is 13.2 Å². The number of morpholine rings is 1. The summed E-state index contributed by atoms with van der Waals surface area (Å²) in [6.45, 7) is 4.53. The third-order valence-corrected chi connectivity index (χ3v) is 3.73. The van der Waals surface area contributed by atoms with Crippen LogP contribution in [0.25, 0.3) is 0 Å². The topological polar surface area (TPSA) is 70.1 Å². The molecule has 102 valence electrons. The number of hydrogen-bond acceptors (Lipinski definition) is 4. The summed E-state index contributed by atoms with van der Waals surface area (Å²) in [4.78, 5) is 27.0. The number of hydrogen-bond donors (Lipinski definition) is 1. The largest absolute Gasteiger partial charge is 0.480 e. The lowest BCUT2D eigenvalue weighted by Crippen LogP contribution is -2.57. The van der Waals surface area contributed by atoms with E-state index in [1.807, 2.05) is 4.90 Å². The number of amides is 1. The molecule has 1 amide bonds. The van der Waals surface area contributed by atoms with Crippen molar-refractivity contribution in [2.45, 2.75) is 31.8 Å². The Balaban J connectivity index is 2.03. The molecule has 2 saturated heterocycles. The SMILES string of the molecule is CC(C(=O)N1CCCC1)N1CCOCC1C(=O)O. The molecule has 2 rings (SSSR count). The molecule has 0 saturated carbocycles. The molecule has 2 fully saturated rings. The molecule has 2 heterocycles. The van der Waals surface area contributed by atoms with E-state index >= 15 is 0 Å². The van der Waals surface area contributed by atoms with Crippen LogP contribution in [0.2, 0.25) is 0 Å². The van der Waals surface area contributed by atoms with Crippen molar-refractivity contribution in [1.29, 1.82) is 0 Å². The van der Waals surface area contributed by atoms with Gasteiger partial charge in [0, 0.05) is 19.6 Å². The molecule has 0 bridgehead atoms. The molecule has 2 aliphatic heterocycles. The highest BCUT2D eigenvalue weighted by Gasteiger charge is 2.37. The molecule has 6 heteroatoms. The van der Waals surface area contributed by atoms with Crippen LogP contribution in [0.1, 0.15) is 19.8 Å². The molecule has 2 atom stereocenters. The predicted octanol–water partition coefficient (Wildman–Crippen LogP) is -0.217. The summed E-state index contributed by atoms with van der Waals surface area (Å²) in [5, 5.41) is 9.16. The van der Waals surface area contributed by atoms with E-state index in [2.05, 4.69) is 0 Å². The third-order valence-electron chi connectivity index (χ3n) is 3.73. The Morgan fingerprint density at radius 1 is 1.28 bits per heavy atom. The summed E-state index contributed by atoms with van der Waals surface area (Å²) in [5.41, 5.74) is 0. The Bertz CT molecular complexity index is 328. The maximum Gasteiger partial charge on any atom is 0.323 e. The summed E-state index contributed by atoms with van der Waals surface area (Å²) in [5.74, 6) is -0.878. The Morgan fingerprint density at radius 3 is 2.56 bits per heavy atom. The van der Waals surface area contributed by atoms with Crippen molar-refractivity contribution in [3.05, 3.63) is 0 Å². The van der Waals surface area contributed by atoms with Crippen molar-refractivity contribution >= 4 is 11.9 Å². The van der Waals surface area contributed by atoms with Crippen LogP contribution >= 0.6 is 0 Å². The minimum atomic E-state index is -0.921. The van der Waals surface area contributed by atoms with E-state index in [-0.39, 0.29) is 18.6 Å². The number of carbonyl (C=O) groups excluding carboxylic acids is 1. The first-order chi connectivity index (χ1) is 8.61. The molecule has 2 unspecified atom stereocenters. The second-order valence-corrected chi connectivity index (χ2v) is 4.88. The van der Waals surface area contributed by atoms with Crippen LogP contribution in [-0.2, 0) is 14.3 Å². The van der Waals surface area contributed by atoms with Gasteiger partial charge < -0.3 is 14.7 Å². The van der Waals surface area contributed by atoms with Gasteiger partial charge in [-0.2, -0.15) is 0 Å². The average molecular weight is 256 g/mol. The second kappa shape index (κ2) is 5.67. The predicted molar refractivity (Wildman–Crippen MR) is 64.2 cm³/mol. The van der Waals surface area contributed by atoms with Gasteiger partial charge in [0.05, 0.1) is 19.3 Å². The van der Waals surface area contributed by atoms with Crippen LogP contribution < -0.4 is 0 Å². The number of carboxylic acid groups (broad SMARTS) is 1. The third kappa shape index (κ3) is 2.64. The van der Waals surface area contributed by atoms with Crippen LogP contribution in [0.3, 0.4) is 0 Å². The molecule has 0 aromatic rings. The average Bonchev–Trinajstić information content (AvgIpc) is 2.90. The van der Waals surface area contributed by atoms with Crippen molar-refractivity contribution in [1.82, 2.24) is 9.80 Å². The summed E-state index contributed by atoms with van der Waals surface area (Å²) >= 11 is 0. The number of nitrogens with zero attached hydrogens (tertiary/aromatic N) is 2. The number of ether oxygens (including phenoxy) is 1. The fourth-order valence-electron chi connectivity index (χ4n) is 2.64. The van der Waals surface area contributed by atoms with E-state index in [0.717, 1.165) is 25.9 Å². The molecule has 6 nitrogen and oxygen atoms in total. The van der Waals surface area contributed by atoms with E-state index in [1.165, 1.54) is 0 Å². The van der Waals surface area contributed by atoms with E-state index < -0.39 is 12.0 Å². The Labute approximate surface area is 106 Å². The van der Waals surface area contributed by atoms with Crippen molar-refractivity contribution in [3.8, 4) is 0 Å². The molecule has 1 N–H and O–H groups in total. The molecule has 0 spiro atoms. The van der Waals surface area contributed by atoms with Crippen molar-refractivity contribution in [2.75, 3.05) is 32.8 Å². The normalized spacial score (nSPS) is 27.2. The molecule has 0 aliphatic carbocycles. The zero-order valence-corrected chi connectivity index (χ0v) is 10.7. The monoisotopic (exact) mass is 256 g/mol. The molecule has 18 heavy (non-hydrogen) atoms. The Kier molecular flexibility index (Phi) is 4.19. The van der Waals surface area contributed by atoms with Gasteiger partial charge in [-0.3, -0.25) is 14.5 Å². The van der Waals surface area contributed by atoms with Crippen LogP contribution in [0.4, 0.5) is 0 Å². The van der Waals surface area contributed by atoms with E-state index in [9.17, 15) is 9.59 Å². The first kappa shape index (κ1) is 13.3. The van der Waals surface area contributed by atoms with Gasteiger partial charge in [-0.25, -0.2) is 0 Å². The first-order valence-corrected chi connectivity index (χ1v) is 6.46. The number of carbonyl (C=O) groups is 2. The number of rotatable bonds is 3.